The quantitative estimate of drug-likeness (QED) is 0.834. The van der Waals surface area contributed by atoms with Gasteiger partial charge in [-0.05, 0) is 56.3 Å². The molecule has 4 nitrogen and oxygen atoms in total. The highest BCUT2D eigenvalue weighted by Gasteiger charge is 2.24. The number of anilines is 1. The molecule has 0 bridgehead atoms. The predicted molar refractivity (Wildman–Crippen MR) is 94.2 cm³/mol. The topological polar surface area (TPSA) is 52.2 Å². The molecule has 3 rings (SSSR count). The van der Waals surface area contributed by atoms with E-state index in [4.69, 9.17) is 4.42 Å². The van der Waals surface area contributed by atoms with Crippen LogP contribution in [0.25, 0.3) is 0 Å². The summed E-state index contributed by atoms with van der Waals surface area (Å²) >= 11 is 3.41. The summed E-state index contributed by atoms with van der Waals surface area (Å²) in [5.41, 5.74) is 1.51. The molecular weight excluding hydrogens is 354 g/mol. The summed E-state index contributed by atoms with van der Waals surface area (Å²) in [4.78, 5) is 2.47. The molecule has 120 valence electrons. The van der Waals surface area contributed by atoms with Crippen molar-refractivity contribution in [2.45, 2.75) is 25.3 Å². The van der Waals surface area contributed by atoms with Crippen molar-refractivity contribution in [2.24, 2.45) is 0 Å². The van der Waals surface area contributed by atoms with Gasteiger partial charge in [0.2, 0.25) is 0 Å². The Hall–Kier alpha value is -1.77. The van der Waals surface area contributed by atoms with Gasteiger partial charge in [0.15, 0.2) is 0 Å². The van der Waals surface area contributed by atoms with Gasteiger partial charge in [-0.25, -0.2) is 0 Å². The molecule has 1 atom stereocenters. The average molecular weight is 374 g/mol. The average Bonchev–Trinajstić information content (AvgIpc) is 3.11. The molecule has 1 saturated heterocycles. The summed E-state index contributed by atoms with van der Waals surface area (Å²) < 4.78 is 6.57. The molecule has 1 aliphatic rings. The van der Waals surface area contributed by atoms with Crippen LogP contribution in [-0.4, -0.2) is 24.5 Å². The number of furan rings is 1. The molecule has 5 heteroatoms. The SMILES string of the molecule is N#Cc1cc(Br)ccc1NCC(c1ccco1)N1CCCCC1. The third-order valence-electron chi connectivity index (χ3n) is 4.29. The molecule has 1 fully saturated rings. The molecule has 1 aromatic carbocycles. The van der Waals surface area contributed by atoms with E-state index in [2.05, 4.69) is 32.2 Å². The van der Waals surface area contributed by atoms with Crippen molar-refractivity contribution in [1.29, 1.82) is 5.26 Å². The van der Waals surface area contributed by atoms with Crippen LogP contribution in [-0.2, 0) is 0 Å². The van der Waals surface area contributed by atoms with Crippen LogP contribution in [0.1, 0.15) is 36.6 Å². The Labute approximate surface area is 145 Å². The Morgan fingerprint density at radius 1 is 1.26 bits per heavy atom. The van der Waals surface area contributed by atoms with E-state index < -0.39 is 0 Å². The number of rotatable bonds is 5. The minimum Gasteiger partial charge on any atom is -0.468 e. The van der Waals surface area contributed by atoms with E-state index in [9.17, 15) is 5.26 Å². The lowest BCUT2D eigenvalue weighted by atomic mass is 10.1. The zero-order chi connectivity index (χ0) is 16.1. The molecule has 0 aliphatic carbocycles. The minimum absolute atomic E-state index is 0.195. The third kappa shape index (κ3) is 3.95. The third-order valence-corrected chi connectivity index (χ3v) is 4.78. The number of benzene rings is 1. The first kappa shape index (κ1) is 16.1. The summed E-state index contributed by atoms with van der Waals surface area (Å²) in [6.07, 6.45) is 5.50. The van der Waals surface area contributed by atoms with E-state index in [-0.39, 0.29) is 6.04 Å². The molecule has 0 spiro atoms. The van der Waals surface area contributed by atoms with Crippen molar-refractivity contribution in [2.75, 3.05) is 25.0 Å². The van der Waals surface area contributed by atoms with Gasteiger partial charge in [0, 0.05) is 11.0 Å². The second kappa shape index (κ2) is 7.67. The lowest BCUT2D eigenvalue weighted by Crippen LogP contribution is -2.37. The van der Waals surface area contributed by atoms with Crippen LogP contribution in [0.2, 0.25) is 0 Å². The molecule has 0 amide bonds. The number of likely N-dealkylation sites (tertiary alicyclic amines) is 1. The van der Waals surface area contributed by atoms with Crippen molar-refractivity contribution >= 4 is 21.6 Å². The standard InChI is InChI=1S/C18H20BrN3O/c19-15-6-7-16(14(11-15)12-20)21-13-17(18-5-4-10-23-18)22-8-2-1-3-9-22/h4-7,10-11,17,21H,1-3,8-9,13H2. The van der Waals surface area contributed by atoms with Gasteiger partial charge in [-0.1, -0.05) is 22.4 Å². The van der Waals surface area contributed by atoms with Crippen LogP contribution < -0.4 is 5.32 Å². The van der Waals surface area contributed by atoms with Crippen molar-refractivity contribution in [3.63, 3.8) is 0 Å². The fourth-order valence-corrected chi connectivity index (χ4v) is 3.45. The second-order valence-corrected chi connectivity index (χ2v) is 6.73. The Morgan fingerprint density at radius 2 is 2.09 bits per heavy atom. The van der Waals surface area contributed by atoms with Crippen LogP contribution in [0.4, 0.5) is 5.69 Å². The number of nitrogens with one attached hydrogen (secondary N) is 1. The van der Waals surface area contributed by atoms with Gasteiger partial charge in [0.1, 0.15) is 11.8 Å². The summed E-state index contributed by atoms with van der Waals surface area (Å²) in [5.74, 6) is 0.981. The van der Waals surface area contributed by atoms with Gasteiger partial charge in [-0.2, -0.15) is 5.26 Å². The number of nitriles is 1. The predicted octanol–water partition coefficient (Wildman–Crippen LogP) is 4.55. The first-order valence-electron chi connectivity index (χ1n) is 7.99. The molecule has 23 heavy (non-hydrogen) atoms. The maximum absolute atomic E-state index is 9.30. The van der Waals surface area contributed by atoms with Gasteiger partial charge in [0.25, 0.3) is 0 Å². The van der Waals surface area contributed by atoms with E-state index in [1.165, 1.54) is 19.3 Å². The van der Waals surface area contributed by atoms with Gasteiger partial charge < -0.3 is 9.73 Å². The van der Waals surface area contributed by atoms with Crippen LogP contribution in [0.3, 0.4) is 0 Å². The minimum atomic E-state index is 0.195. The molecule has 0 saturated carbocycles. The maximum atomic E-state index is 9.30. The smallest absolute Gasteiger partial charge is 0.122 e. The van der Waals surface area contributed by atoms with Gasteiger partial charge in [0.05, 0.1) is 23.6 Å². The van der Waals surface area contributed by atoms with Crippen LogP contribution in [0, 0.1) is 11.3 Å². The molecule has 2 heterocycles. The molecule has 1 aliphatic heterocycles. The zero-order valence-corrected chi connectivity index (χ0v) is 14.6. The van der Waals surface area contributed by atoms with Crippen LogP contribution in [0.15, 0.2) is 45.5 Å². The van der Waals surface area contributed by atoms with Crippen LogP contribution >= 0.6 is 15.9 Å². The Bertz CT molecular complexity index is 672. The van der Waals surface area contributed by atoms with Crippen molar-refractivity contribution in [3.8, 4) is 6.07 Å². The van der Waals surface area contributed by atoms with Crippen molar-refractivity contribution in [3.05, 3.63) is 52.4 Å². The summed E-state index contributed by atoms with van der Waals surface area (Å²) in [7, 11) is 0. The molecular formula is C18H20BrN3O. The number of halogens is 1. The normalized spacial score (nSPS) is 16.7. The van der Waals surface area contributed by atoms with Gasteiger partial charge in [-0.3, -0.25) is 4.90 Å². The summed E-state index contributed by atoms with van der Waals surface area (Å²) in [6.45, 7) is 2.92. The van der Waals surface area contributed by atoms with Crippen LogP contribution in [0.5, 0.6) is 0 Å². The van der Waals surface area contributed by atoms with E-state index in [0.29, 0.717) is 5.56 Å². The van der Waals surface area contributed by atoms with Gasteiger partial charge in [-0.15, -0.1) is 0 Å². The number of nitrogens with zero attached hydrogens (tertiary/aromatic N) is 2. The number of hydrogen-bond acceptors (Lipinski definition) is 4. The Balaban J connectivity index is 1.75. The monoisotopic (exact) mass is 373 g/mol. The Kier molecular flexibility index (Phi) is 5.37. The first-order chi connectivity index (χ1) is 11.3. The van der Waals surface area contributed by atoms with Crippen molar-refractivity contribution < 1.29 is 4.42 Å². The summed E-state index contributed by atoms with van der Waals surface area (Å²) in [5, 5.41) is 12.7. The number of piperidine rings is 1. The largest absolute Gasteiger partial charge is 0.468 e. The molecule has 1 aromatic heterocycles. The first-order valence-corrected chi connectivity index (χ1v) is 8.78. The van der Waals surface area contributed by atoms with Crippen molar-refractivity contribution in [1.82, 2.24) is 4.90 Å². The summed E-state index contributed by atoms with van der Waals surface area (Å²) in [6, 6.07) is 12.1. The van der Waals surface area contributed by atoms with E-state index in [1.807, 2.05) is 30.3 Å². The second-order valence-electron chi connectivity index (χ2n) is 5.81. The highest BCUT2D eigenvalue weighted by Crippen LogP contribution is 2.27. The van der Waals surface area contributed by atoms with Gasteiger partial charge >= 0.3 is 0 Å². The maximum Gasteiger partial charge on any atom is 0.122 e. The van der Waals surface area contributed by atoms with E-state index >= 15 is 0 Å². The number of hydrogen-bond donors (Lipinski definition) is 1. The molecule has 1 unspecified atom stereocenters. The lowest BCUT2D eigenvalue weighted by Gasteiger charge is -2.33. The molecule has 2 aromatic rings. The highest BCUT2D eigenvalue weighted by atomic mass is 79.9. The molecule has 1 N–H and O–H groups in total. The van der Waals surface area contributed by atoms with E-state index in [0.717, 1.165) is 35.6 Å². The fraction of sp³-hybridized carbons (Fsp3) is 0.389. The highest BCUT2D eigenvalue weighted by molar-refractivity contribution is 9.10. The lowest BCUT2D eigenvalue weighted by molar-refractivity contribution is 0.153. The Morgan fingerprint density at radius 3 is 2.78 bits per heavy atom. The zero-order valence-electron chi connectivity index (χ0n) is 13.0. The fourth-order valence-electron chi connectivity index (χ4n) is 3.09. The molecule has 0 radical (unpaired) electrons. The van der Waals surface area contributed by atoms with E-state index in [1.54, 1.807) is 6.26 Å².